The van der Waals surface area contributed by atoms with Crippen molar-refractivity contribution in [2.24, 2.45) is 0 Å². The van der Waals surface area contributed by atoms with Crippen molar-refractivity contribution in [2.75, 3.05) is 25.5 Å². The first-order valence-electron chi connectivity index (χ1n) is 8.00. The van der Waals surface area contributed by atoms with Gasteiger partial charge in [0.25, 0.3) is 0 Å². The number of methoxy groups -OCH3 is 1. The van der Waals surface area contributed by atoms with Crippen LogP contribution in [0.15, 0.2) is 42.6 Å². The van der Waals surface area contributed by atoms with Gasteiger partial charge in [0.2, 0.25) is 5.88 Å². The summed E-state index contributed by atoms with van der Waals surface area (Å²) in [7, 11) is 1.55. The molecule has 6 heteroatoms. The third kappa shape index (κ3) is 3.76. The van der Waals surface area contributed by atoms with Gasteiger partial charge in [-0.2, -0.15) is 0 Å². The normalized spacial score (nSPS) is 15.1. The number of ether oxygens (including phenoxy) is 1. The van der Waals surface area contributed by atoms with Crippen LogP contribution in [-0.4, -0.2) is 41.2 Å². The fourth-order valence-electron chi connectivity index (χ4n) is 2.94. The van der Waals surface area contributed by atoms with Gasteiger partial charge < -0.3 is 20.1 Å². The van der Waals surface area contributed by atoms with E-state index in [1.165, 1.54) is 5.56 Å². The van der Waals surface area contributed by atoms with Crippen LogP contribution in [0.25, 0.3) is 0 Å². The van der Waals surface area contributed by atoms with E-state index in [2.05, 4.69) is 10.3 Å². The van der Waals surface area contributed by atoms with Crippen LogP contribution in [0.3, 0.4) is 0 Å². The van der Waals surface area contributed by atoms with Crippen LogP contribution >= 0.6 is 0 Å². The molecule has 1 aromatic carbocycles. The maximum atomic E-state index is 12.3. The molecule has 2 heterocycles. The first kappa shape index (κ1) is 16.1. The molecule has 24 heavy (non-hydrogen) atoms. The number of phenolic OH excluding ortho intramolecular Hbond substituents is 1. The van der Waals surface area contributed by atoms with Crippen molar-refractivity contribution < 1.29 is 14.6 Å². The standard InChI is InChI=1S/C18H21N3O3/c1-24-17-7-4-15(12-19-17)20-18(23)21-10-8-14(9-11-21)13-2-5-16(22)6-3-13/h2-7,12,14,22H,8-11H2,1H3,(H,20,23). The number of urea groups is 1. The predicted octanol–water partition coefficient (Wildman–Crippen LogP) is 3.21. The van der Waals surface area contributed by atoms with Gasteiger partial charge in [0.15, 0.2) is 0 Å². The summed E-state index contributed by atoms with van der Waals surface area (Å²) >= 11 is 0. The molecule has 1 saturated heterocycles. The average Bonchev–Trinajstić information content (AvgIpc) is 2.63. The molecule has 6 nitrogen and oxygen atoms in total. The van der Waals surface area contributed by atoms with E-state index in [-0.39, 0.29) is 11.8 Å². The summed E-state index contributed by atoms with van der Waals surface area (Å²) < 4.78 is 5.00. The van der Waals surface area contributed by atoms with Gasteiger partial charge in [-0.15, -0.1) is 0 Å². The van der Waals surface area contributed by atoms with E-state index in [1.807, 2.05) is 17.0 Å². The van der Waals surface area contributed by atoms with Crippen LogP contribution in [0.5, 0.6) is 11.6 Å². The Morgan fingerprint density at radius 2 is 1.92 bits per heavy atom. The van der Waals surface area contributed by atoms with Gasteiger partial charge in [0.1, 0.15) is 5.75 Å². The quantitative estimate of drug-likeness (QED) is 0.908. The number of benzene rings is 1. The Labute approximate surface area is 141 Å². The highest BCUT2D eigenvalue weighted by atomic mass is 16.5. The minimum Gasteiger partial charge on any atom is -0.508 e. The molecule has 0 bridgehead atoms. The number of nitrogens with zero attached hydrogens (tertiary/aromatic N) is 2. The Morgan fingerprint density at radius 1 is 1.21 bits per heavy atom. The molecule has 0 unspecified atom stereocenters. The van der Waals surface area contributed by atoms with Crippen LogP contribution in [0.2, 0.25) is 0 Å². The third-order valence-electron chi connectivity index (χ3n) is 4.34. The number of aromatic nitrogens is 1. The number of likely N-dealkylation sites (tertiary alicyclic amines) is 1. The molecule has 0 saturated carbocycles. The molecule has 3 rings (SSSR count). The summed E-state index contributed by atoms with van der Waals surface area (Å²) in [6, 6.07) is 10.7. The molecule has 2 aromatic rings. The number of carbonyl (C=O) groups excluding carboxylic acids is 1. The van der Waals surface area contributed by atoms with Gasteiger partial charge in [0, 0.05) is 19.2 Å². The molecule has 1 aromatic heterocycles. The molecule has 1 aliphatic rings. The first-order chi connectivity index (χ1) is 11.7. The second-order valence-corrected chi connectivity index (χ2v) is 5.87. The summed E-state index contributed by atoms with van der Waals surface area (Å²) in [4.78, 5) is 18.2. The van der Waals surface area contributed by atoms with E-state index in [9.17, 15) is 9.90 Å². The fraction of sp³-hybridized carbons (Fsp3) is 0.333. The molecule has 2 N–H and O–H groups in total. The number of anilines is 1. The SMILES string of the molecule is COc1ccc(NC(=O)N2CCC(c3ccc(O)cc3)CC2)cn1. The number of piperidine rings is 1. The lowest BCUT2D eigenvalue weighted by Crippen LogP contribution is -2.40. The van der Waals surface area contributed by atoms with E-state index in [0.29, 0.717) is 30.6 Å². The summed E-state index contributed by atoms with van der Waals surface area (Å²) in [6.45, 7) is 1.42. The zero-order valence-corrected chi connectivity index (χ0v) is 13.6. The minimum atomic E-state index is -0.105. The van der Waals surface area contributed by atoms with E-state index < -0.39 is 0 Å². The second-order valence-electron chi connectivity index (χ2n) is 5.87. The maximum absolute atomic E-state index is 12.3. The molecule has 1 aliphatic heterocycles. The number of aromatic hydroxyl groups is 1. The van der Waals surface area contributed by atoms with Gasteiger partial charge in [-0.05, 0) is 42.5 Å². The Morgan fingerprint density at radius 3 is 2.50 bits per heavy atom. The van der Waals surface area contributed by atoms with Gasteiger partial charge in [-0.1, -0.05) is 12.1 Å². The minimum absolute atomic E-state index is 0.105. The van der Waals surface area contributed by atoms with Crippen LogP contribution in [0, 0.1) is 0 Å². The summed E-state index contributed by atoms with van der Waals surface area (Å²) in [6.07, 6.45) is 3.41. The lowest BCUT2D eigenvalue weighted by Gasteiger charge is -2.32. The summed E-state index contributed by atoms with van der Waals surface area (Å²) in [5.41, 5.74) is 1.87. The van der Waals surface area contributed by atoms with E-state index >= 15 is 0 Å². The molecule has 126 valence electrons. The maximum Gasteiger partial charge on any atom is 0.321 e. The Kier molecular flexibility index (Phi) is 4.84. The number of hydrogen-bond acceptors (Lipinski definition) is 4. The van der Waals surface area contributed by atoms with Crippen molar-refractivity contribution in [3.63, 3.8) is 0 Å². The van der Waals surface area contributed by atoms with Crippen LogP contribution < -0.4 is 10.1 Å². The lowest BCUT2D eigenvalue weighted by molar-refractivity contribution is 0.194. The summed E-state index contributed by atoms with van der Waals surface area (Å²) in [5, 5.41) is 12.2. The summed E-state index contributed by atoms with van der Waals surface area (Å²) in [5.74, 6) is 1.23. The van der Waals surface area contributed by atoms with Crippen molar-refractivity contribution in [1.82, 2.24) is 9.88 Å². The van der Waals surface area contributed by atoms with E-state index in [1.54, 1.807) is 37.6 Å². The number of phenols is 1. The molecule has 0 aliphatic carbocycles. The lowest BCUT2D eigenvalue weighted by atomic mass is 9.89. The average molecular weight is 327 g/mol. The van der Waals surface area contributed by atoms with Crippen molar-refractivity contribution in [1.29, 1.82) is 0 Å². The highest BCUT2D eigenvalue weighted by Gasteiger charge is 2.23. The smallest absolute Gasteiger partial charge is 0.321 e. The van der Waals surface area contributed by atoms with E-state index in [4.69, 9.17) is 4.74 Å². The Balaban J connectivity index is 1.53. The topological polar surface area (TPSA) is 74.7 Å². The van der Waals surface area contributed by atoms with Gasteiger partial charge in [-0.25, -0.2) is 9.78 Å². The van der Waals surface area contributed by atoms with Crippen molar-refractivity contribution >= 4 is 11.7 Å². The number of rotatable bonds is 3. The molecule has 0 atom stereocenters. The molecule has 2 amide bonds. The predicted molar refractivity (Wildman–Crippen MR) is 91.5 cm³/mol. The van der Waals surface area contributed by atoms with Crippen molar-refractivity contribution in [3.8, 4) is 11.6 Å². The monoisotopic (exact) mass is 327 g/mol. The number of amides is 2. The largest absolute Gasteiger partial charge is 0.508 e. The molecule has 1 fully saturated rings. The van der Waals surface area contributed by atoms with Gasteiger partial charge >= 0.3 is 6.03 Å². The van der Waals surface area contributed by atoms with Crippen molar-refractivity contribution in [2.45, 2.75) is 18.8 Å². The Bertz CT molecular complexity index is 678. The molecular weight excluding hydrogens is 306 g/mol. The zero-order chi connectivity index (χ0) is 16.9. The number of hydrogen-bond donors (Lipinski definition) is 2. The molecule has 0 radical (unpaired) electrons. The van der Waals surface area contributed by atoms with E-state index in [0.717, 1.165) is 12.8 Å². The highest BCUT2D eigenvalue weighted by Crippen LogP contribution is 2.29. The molecule has 0 spiro atoms. The van der Waals surface area contributed by atoms with Gasteiger partial charge in [0.05, 0.1) is 19.0 Å². The zero-order valence-electron chi connectivity index (χ0n) is 13.6. The Hall–Kier alpha value is -2.76. The van der Waals surface area contributed by atoms with Crippen LogP contribution in [-0.2, 0) is 0 Å². The van der Waals surface area contributed by atoms with Gasteiger partial charge in [-0.3, -0.25) is 0 Å². The highest BCUT2D eigenvalue weighted by molar-refractivity contribution is 5.89. The number of carbonyl (C=O) groups is 1. The number of pyridine rings is 1. The van der Waals surface area contributed by atoms with Crippen molar-refractivity contribution in [3.05, 3.63) is 48.2 Å². The second kappa shape index (κ2) is 7.21. The molecular formula is C18H21N3O3. The van der Waals surface area contributed by atoms with Crippen LogP contribution in [0.4, 0.5) is 10.5 Å². The third-order valence-corrected chi connectivity index (χ3v) is 4.34. The number of nitrogens with one attached hydrogen (secondary N) is 1. The first-order valence-corrected chi connectivity index (χ1v) is 8.00. The van der Waals surface area contributed by atoms with Crippen LogP contribution in [0.1, 0.15) is 24.3 Å². The fourth-order valence-corrected chi connectivity index (χ4v) is 2.94.